The first-order valence-corrected chi connectivity index (χ1v) is 9.45. The predicted octanol–water partition coefficient (Wildman–Crippen LogP) is 1.25. The van der Waals surface area contributed by atoms with Crippen LogP contribution in [-0.4, -0.2) is 59.2 Å². The van der Waals surface area contributed by atoms with Crippen LogP contribution in [-0.2, 0) is 14.8 Å². The van der Waals surface area contributed by atoms with Gasteiger partial charge in [-0.1, -0.05) is 32.0 Å². The summed E-state index contributed by atoms with van der Waals surface area (Å²) in [5.74, 6) is -0.150. The molecule has 0 spiro atoms. The summed E-state index contributed by atoms with van der Waals surface area (Å²) in [6.45, 7) is 4.96. The average Bonchev–Trinajstić information content (AvgIpc) is 2.43. The number of likely N-dealkylation sites (N-methyl/N-ethyl adjacent to an activating group) is 1. The maximum absolute atomic E-state index is 12.2. The molecular formula is C16H27N3O3S. The summed E-state index contributed by atoms with van der Waals surface area (Å²) in [5.41, 5.74) is 1.46. The fraction of sp³-hybridized carbons (Fsp3) is 0.562. The molecule has 0 aromatic heterocycles. The van der Waals surface area contributed by atoms with Crippen LogP contribution in [0.4, 0.5) is 5.69 Å². The molecule has 0 aliphatic carbocycles. The second-order valence-electron chi connectivity index (χ2n) is 6.14. The Labute approximate surface area is 139 Å². The average molecular weight is 341 g/mol. The number of hydrogen-bond donors (Lipinski definition) is 1. The molecule has 0 saturated carbocycles. The number of nitrogens with one attached hydrogen (secondary N) is 1. The van der Waals surface area contributed by atoms with Gasteiger partial charge in [0.2, 0.25) is 15.9 Å². The number of anilines is 1. The number of amides is 1. The Balaban J connectivity index is 2.98. The molecule has 1 amide bonds. The van der Waals surface area contributed by atoms with Gasteiger partial charge in [0.15, 0.2) is 0 Å². The molecule has 6 nitrogen and oxygen atoms in total. The molecule has 1 N–H and O–H groups in total. The van der Waals surface area contributed by atoms with Crippen LogP contribution in [0.2, 0.25) is 0 Å². The van der Waals surface area contributed by atoms with E-state index in [1.165, 1.54) is 4.31 Å². The normalized spacial score (nSPS) is 11.8. The summed E-state index contributed by atoms with van der Waals surface area (Å²) < 4.78 is 25.5. The number of rotatable bonds is 8. The lowest BCUT2D eigenvalue weighted by Gasteiger charge is -2.25. The van der Waals surface area contributed by atoms with Crippen molar-refractivity contribution in [3.05, 3.63) is 29.8 Å². The Morgan fingerprint density at radius 2 is 1.83 bits per heavy atom. The molecule has 1 rings (SSSR count). The zero-order chi connectivity index (χ0) is 17.6. The molecule has 0 atom stereocenters. The third kappa shape index (κ3) is 6.19. The van der Waals surface area contributed by atoms with Gasteiger partial charge in [0, 0.05) is 13.1 Å². The van der Waals surface area contributed by atoms with E-state index in [9.17, 15) is 13.2 Å². The van der Waals surface area contributed by atoms with E-state index in [4.69, 9.17) is 0 Å². The van der Waals surface area contributed by atoms with Crippen LogP contribution in [0.25, 0.3) is 0 Å². The number of carbonyl (C=O) groups is 1. The van der Waals surface area contributed by atoms with Crippen molar-refractivity contribution in [3.8, 4) is 0 Å². The maximum atomic E-state index is 12.2. The van der Waals surface area contributed by atoms with Gasteiger partial charge in [-0.2, -0.15) is 0 Å². The lowest BCUT2D eigenvalue weighted by Crippen LogP contribution is -2.42. The quantitative estimate of drug-likeness (QED) is 0.773. The van der Waals surface area contributed by atoms with Gasteiger partial charge in [0.25, 0.3) is 0 Å². The molecule has 0 bridgehead atoms. The maximum Gasteiger partial charge on any atom is 0.240 e. The minimum atomic E-state index is -3.55. The van der Waals surface area contributed by atoms with Gasteiger partial charge in [-0.15, -0.1) is 0 Å². The topological polar surface area (TPSA) is 69.7 Å². The Morgan fingerprint density at radius 3 is 2.35 bits per heavy atom. The summed E-state index contributed by atoms with van der Waals surface area (Å²) in [4.78, 5) is 14.0. The first-order chi connectivity index (χ1) is 10.6. The number of nitrogens with zero attached hydrogens (tertiary/aromatic N) is 2. The Bertz CT molecular complexity index is 627. The zero-order valence-corrected chi connectivity index (χ0v) is 15.4. The first-order valence-electron chi connectivity index (χ1n) is 7.61. The Kier molecular flexibility index (Phi) is 7.02. The number of carbonyl (C=O) groups excluding carboxylic acids is 1. The molecule has 0 aliphatic heterocycles. The van der Waals surface area contributed by atoms with Gasteiger partial charge in [-0.25, -0.2) is 8.42 Å². The first kappa shape index (κ1) is 19.4. The fourth-order valence-electron chi connectivity index (χ4n) is 2.19. The second kappa shape index (κ2) is 8.31. The molecule has 0 unspecified atom stereocenters. The van der Waals surface area contributed by atoms with Crippen molar-refractivity contribution in [1.82, 2.24) is 10.2 Å². The van der Waals surface area contributed by atoms with Crippen molar-refractivity contribution >= 4 is 21.6 Å². The van der Waals surface area contributed by atoms with E-state index < -0.39 is 10.0 Å². The molecule has 130 valence electrons. The van der Waals surface area contributed by atoms with E-state index >= 15 is 0 Å². The van der Waals surface area contributed by atoms with Crippen LogP contribution in [0.1, 0.15) is 25.3 Å². The number of para-hydroxylation sites is 1. The van der Waals surface area contributed by atoms with Crippen LogP contribution in [0.5, 0.6) is 0 Å². The minimum absolute atomic E-state index is 0.159. The Hall–Kier alpha value is -1.60. The van der Waals surface area contributed by atoms with Crippen LogP contribution in [0.15, 0.2) is 24.3 Å². The van der Waals surface area contributed by atoms with E-state index in [-0.39, 0.29) is 18.4 Å². The molecule has 23 heavy (non-hydrogen) atoms. The van der Waals surface area contributed by atoms with Gasteiger partial charge in [-0.05, 0) is 31.6 Å². The van der Waals surface area contributed by atoms with Crippen molar-refractivity contribution in [1.29, 1.82) is 0 Å². The van der Waals surface area contributed by atoms with E-state index in [1.807, 2.05) is 45.0 Å². The van der Waals surface area contributed by atoms with Gasteiger partial charge in [0.05, 0.1) is 11.9 Å². The molecule has 7 heteroatoms. The highest BCUT2D eigenvalue weighted by atomic mass is 32.2. The molecule has 1 aromatic rings. The van der Waals surface area contributed by atoms with E-state index in [0.717, 1.165) is 11.8 Å². The predicted molar refractivity (Wildman–Crippen MR) is 94.3 cm³/mol. The molecule has 1 aromatic carbocycles. The highest BCUT2D eigenvalue weighted by Gasteiger charge is 2.23. The molecule has 0 aliphatic rings. The smallest absolute Gasteiger partial charge is 0.240 e. The number of benzene rings is 1. The standard InChI is InChI=1S/C16H27N3O3S/c1-13(2)14-8-6-7-9-15(14)19(23(5,21)22)12-16(20)17-10-11-18(3)4/h6-9,13H,10-12H2,1-5H3,(H,17,20). The van der Waals surface area contributed by atoms with Crippen LogP contribution >= 0.6 is 0 Å². The van der Waals surface area contributed by atoms with E-state index in [1.54, 1.807) is 12.1 Å². The lowest BCUT2D eigenvalue weighted by atomic mass is 10.0. The number of hydrogen-bond acceptors (Lipinski definition) is 4. The SMILES string of the molecule is CC(C)c1ccccc1N(CC(=O)NCCN(C)C)S(C)(=O)=O. The van der Waals surface area contributed by atoms with Crippen LogP contribution < -0.4 is 9.62 Å². The van der Waals surface area contributed by atoms with Crippen LogP contribution in [0, 0.1) is 0 Å². The molecule has 0 saturated heterocycles. The van der Waals surface area contributed by atoms with Crippen LogP contribution in [0.3, 0.4) is 0 Å². The molecule has 0 heterocycles. The zero-order valence-electron chi connectivity index (χ0n) is 14.5. The van der Waals surface area contributed by atoms with Crippen molar-refractivity contribution in [3.63, 3.8) is 0 Å². The summed E-state index contributed by atoms with van der Waals surface area (Å²) in [6, 6.07) is 7.28. The summed E-state index contributed by atoms with van der Waals surface area (Å²) in [5, 5.41) is 2.75. The Morgan fingerprint density at radius 1 is 1.22 bits per heavy atom. The van der Waals surface area contributed by atoms with E-state index in [0.29, 0.717) is 18.8 Å². The summed E-state index contributed by atoms with van der Waals surface area (Å²) in [6.07, 6.45) is 1.12. The van der Waals surface area contributed by atoms with E-state index in [2.05, 4.69) is 5.32 Å². The second-order valence-corrected chi connectivity index (χ2v) is 8.04. The number of sulfonamides is 1. The fourth-order valence-corrected chi connectivity index (χ4v) is 3.06. The molecule has 0 fully saturated rings. The monoisotopic (exact) mass is 341 g/mol. The summed E-state index contributed by atoms with van der Waals surface area (Å²) in [7, 11) is 0.273. The third-order valence-corrected chi connectivity index (χ3v) is 4.52. The van der Waals surface area contributed by atoms with Gasteiger partial charge < -0.3 is 10.2 Å². The summed E-state index contributed by atoms with van der Waals surface area (Å²) >= 11 is 0. The van der Waals surface area contributed by atoms with Gasteiger partial charge >= 0.3 is 0 Å². The highest BCUT2D eigenvalue weighted by molar-refractivity contribution is 7.92. The molecular weight excluding hydrogens is 314 g/mol. The molecule has 0 radical (unpaired) electrons. The van der Waals surface area contributed by atoms with Crippen molar-refractivity contribution < 1.29 is 13.2 Å². The third-order valence-electron chi connectivity index (χ3n) is 3.40. The highest BCUT2D eigenvalue weighted by Crippen LogP contribution is 2.28. The van der Waals surface area contributed by atoms with Gasteiger partial charge in [0.1, 0.15) is 6.54 Å². The van der Waals surface area contributed by atoms with Crippen molar-refractivity contribution in [2.45, 2.75) is 19.8 Å². The lowest BCUT2D eigenvalue weighted by molar-refractivity contribution is -0.119. The minimum Gasteiger partial charge on any atom is -0.353 e. The largest absolute Gasteiger partial charge is 0.353 e. The van der Waals surface area contributed by atoms with Crippen molar-refractivity contribution in [2.75, 3.05) is 44.3 Å². The van der Waals surface area contributed by atoms with Gasteiger partial charge in [-0.3, -0.25) is 9.10 Å². The van der Waals surface area contributed by atoms with Crippen molar-refractivity contribution in [2.24, 2.45) is 0 Å².